The molecule has 3 aromatic carbocycles. The summed E-state index contributed by atoms with van der Waals surface area (Å²) in [6.07, 6.45) is 1.94. The standard InChI is InChI=1S/C28H18O/c29-28-25-18-10-3-1-8-16(18)20-12-14-6-5-7-15-13-21-17-9-2-4-11-19(17)26(28)24(21)27(22(14)15)23(20)25/h1-11,25-27H,12-13H2. The van der Waals surface area contributed by atoms with Crippen molar-refractivity contribution in [3.05, 3.63) is 117 Å². The predicted molar refractivity (Wildman–Crippen MR) is 114 cm³/mol. The minimum absolute atomic E-state index is 0.0633. The van der Waals surface area contributed by atoms with Crippen molar-refractivity contribution in [1.29, 1.82) is 0 Å². The van der Waals surface area contributed by atoms with E-state index in [0.717, 1.165) is 12.8 Å². The van der Waals surface area contributed by atoms with Crippen LogP contribution in [0.15, 0.2) is 77.9 Å². The number of rotatable bonds is 0. The second-order valence-electron chi connectivity index (χ2n) is 9.09. The molecule has 3 aromatic rings. The van der Waals surface area contributed by atoms with Crippen LogP contribution in [0.3, 0.4) is 0 Å². The topological polar surface area (TPSA) is 17.1 Å². The van der Waals surface area contributed by atoms with E-state index < -0.39 is 0 Å². The Balaban J connectivity index is 1.54. The van der Waals surface area contributed by atoms with Crippen molar-refractivity contribution >= 4 is 16.9 Å². The molecule has 2 unspecified atom stereocenters. The van der Waals surface area contributed by atoms with Gasteiger partial charge in [0.2, 0.25) is 0 Å². The number of carbonyl (C=O) groups is 1. The third kappa shape index (κ3) is 1.50. The number of Topliss-reactive ketones (excluding diaryl/α,β-unsaturated/α-hetero) is 1. The molecule has 8 rings (SSSR count). The molecule has 0 bridgehead atoms. The normalized spacial score (nSPS) is 26.5. The van der Waals surface area contributed by atoms with Crippen LogP contribution in [-0.2, 0) is 17.6 Å². The summed E-state index contributed by atoms with van der Waals surface area (Å²) in [5.41, 5.74) is 15.3. The summed E-state index contributed by atoms with van der Waals surface area (Å²) in [4.78, 5) is 14.1. The van der Waals surface area contributed by atoms with Crippen LogP contribution < -0.4 is 0 Å². The quantitative estimate of drug-likeness (QED) is 0.506. The maximum atomic E-state index is 14.1. The zero-order chi connectivity index (χ0) is 18.9. The van der Waals surface area contributed by atoms with Gasteiger partial charge in [0, 0.05) is 5.92 Å². The van der Waals surface area contributed by atoms with Crippen molar-refractivity contribution in [2.24, 2.45) is 0 Å². The molecule has 29 heavy (non-hydrogen) atoms. The molecular weight excluding hydrogens is 352 g/mol. The van der Waals surface area contributed by atoms with Gasteiger partial charge in [0.25, 0.3) is 0 Å². The highest BCUT2D eigenvalue weighted by Gasteiger charge is 2.56. The van der Waals surface area contributed by atoms with Crippen LogP contribution in [-0.4, -0.2) is 5.78 Å². The number of allylic oxidation sites excluding steroid dienone is 4. The van der Waals surface area contributed by atoms with Crippen LogP contribution >= 0.6 is 0 Å². The lowest BCUT2D eigenvalue weighted by Gasteiger charge is -2.42. The molecule has 5 aliphatic rings. The van der Waals surface area contributed by atoms with Gasteiger partial charge in [-0.1, -0.05) is 66.7 Å². The molecule has 0 aliphatic heterocycles. The molecule has 1 saturated carbocycles. The third-order valence-corrected chi connectivity index (χ3v) is 8.01. The van der Waals surface area contributed by atoms with Crippen molar-refractivity contribution in [3.8, 4) is 0 Å². The zero-order valence-corrected chi connectivity index (χ0v) is 15.9. The van der Waals surface area contributed by atoms with Gasteiger partial charge < -0.3 is 0 Å². The number of fused-ring (bicyclic) bond motifs is 6. The molecule has 0 N–H and O–H groups in total. The molecule has 2 atom stereocenters. The Morgan fingerprint density at radius 1 is 0.586 bits per heavy atom. The maximum Gasteiger partial charge on any atom is 0.156 e. The fourth-order valence-corrected chi connectivity index (χ4v) is 7.10. The molecule has 5 aliphatic carbocycles. The Kier molecular flexibility index (Phi) is 2.38. The highest BCUT2D eigenvalue weighted by Crippen LogP contribution is 2.67. The van der Waals surface area contributed by atoms with Crippen molar-refractivity contribution < 1.29 is 4.79 Å². The molecule has 0 saturated heterocycles. The fourth-order valence-electron chi connectivity index (χ4n) is 7.10. The first kappa shape index (κ1) is 14.8. The Labute approximate surface area is 169 Å². The van der Waals surface area contributed by atoms with E-state index in [9.17, 15) is 4.79 Å². The Bertz CT molecular complexity index is 1280. The van der Waals surface area contributed by atoms with E-state index in [0.29, 0.717) is 11.7 Å². The van der Waals surface area contributed by atoms with Gasteiger partial charge in [-0.3, -0.25) is 4.79 Å². The molecule has 136 valence electrons. The van der Waals surface area contributed by atoms with Crippen LogP contribution in [0.25, 0.3) is 11.1 Å². The molecule has 0 spiro atoms. The predicted octanol–water partition coefficient (Wildman–Crippen LogP) is 5.57. The molecule has 0 amide bonds. The maximum absolute atomic E-state index is 14.1. The van der Waals surface area contributed by atoms with E-state index in [1.54, 1.807) is 0 Å². The SMILES string of the molecule is O=C1C2C3=C(Cc4cccc5c4C3C3=C(C5)c4ccccc4C13)c1ccccc12. The number of ketones is 1. The summed E-state index contributed by atoms with van der Waals surface area (Å²) in [5, 5.41) is 0. The van der Waals surface area contributed by atoms with Crippen molar-refractivity contribution in [2.75, 3.05) is 0 Å². The van der Waals surface area contributed by atoms with Crippen molar-refractivity contribution in [2.45, 2.75) is 30.6 Å². The van der Waals surface area contributed by atoms with Gasteiger partial charge in [0.1, 0.15) is 0 Å². The summed E-state index contributed by atoms with van der Waals surface area (Å²) in [7, 11) is 0. The van der Waals surface area contributed by atoms with Crippen LogP contribution in [0.2, 0.25) is 0 Å². The molecule has 0 aromatic heterocycles. The molecule has 0 radical (unpaired) electrons. The van der Waals surface area contributed by atoms with Crippen molar-refractivity contribution in [1.82, 2.24) is 0 Å². The molecule has 1 nitrogen and oxygen atoms in total. The summed E-state index contributed by atoms with van der Waals surface area (Å²) >= 11 is 0. The third-order valence-electron chi connectivity index (χ3n) is 8.01. The highest BCUT2D eigenvalue weighted by molar-refractivity contribution is 6.10. The second kappa shape index (κ2) is 4.68. The lowest BCUT2D eigenvalue weighted by atomic mass is 9.59. The van der Waals surface area contributed by atoms with Crippen LogP contribution in [0.4, 0.5) is 0 Å². The zero-order valence-electron chi connectivity index (χ0n) is 15.9. The average molecular weight is 370 g/mol. The van der Waals surface area contributed by atoms with Crippen LogP contribution in [0.5, 0.6) is 0 Å². The number of carbonyl (C=O) groups excluding carboxylic acids is 1. The Hall–Kier alpha value is -3.19. The summed E-state index contributed by atoms with van der Waals surface area (Å²) in [6, 6.07) is 24.2. The van der Waals surface area contributed by atoms with Crippen LogP contribution in [0, 0.1) is 0 Å². The van der Waals surface area contributed by atoms with E-state index in [2.05, 4.69) is 66.7 Å². The number of hydrogen-bond acceptors (Lipinski definition) is 1. The number of benzene rings is 3. The van der Waals surface area contributed by atoms with E-state index in [1.807, 2.05) is 0 Å². The largest absolute Gasteiger partial charge is 0.298 e. The first-order valence-corrected chi connectivity index (χ1v) is 10.6. The summed E-state index contributed by atoms with van der Waals surface area (Å²) in [6.45, 7) is 0. The summed E-state index contributed by atoms with van der Waals surface area (Å²) in [5.74, 6) is 0.568. The first-order chi connectivity index (χ1) is 14.3. The van der Waals surface area contributed by atoms with Crippen LogP contribution in [0.1, 0.15) is 56.7 Å². The minimum atomic E-state index is -0.0633. The smallest absolute Gasteiger partial charge is 0.156 e. The Morgan fingerprint density at radius 3 is 1.66 bits per heavy atom. The molecule has 1 heteroatoms. The average Bonchev–Trinajstić information content (AvgIpc) is 3.27. The second-order valence-corrected chi connectivity index (χ2v) is 9.09. The van der Waals surface area contributed by atoms with Gasteiger partial charge in [-0.25, -0.2) is 0 Å². The van der Waals surface area contributed by atoms with E-state index in [1.165, 1.54) is 61.2 Å². The van der Waals surface area contributed by atoms with Crippen molar-refractivity contribution in [3.63, 3.8) is 0 Å². The van der Waals surface area contributed by atoms with E-state index in [-0.39, 0.29) is 11.8 Å². The lowest BCUT2D eigenvalue weighted by Crippen LogP contribution is -2.35. The Morgan fingerprint density at radius 2 is 1.10 bits per heavy atom. The molecule has 0 heterocycles. The number of hydrogen-bond donors (Lipinski definition) is 0. The first-order valence-electron chi connectivity index (χ1n) is 10.6. The molecular formula is C28H18O. The lowest BCUT2D eigenvalue weighted by molar-refractivity contribution is -0.121. The van der Waals surface area contributed by atoms with E-state index >= 15 is 0 Å². The monoisotopic (exact) mass is 370 g/mol. The van der Waals surface area contributed by atoms with Gasteiger partial charge in [0.15, 0.2) is 5.78 Å². The minimum Gasteiger partial charge on any atom is -0.298 e. The van der Waals surface area contributed by atoms with Gasteiger partial charge in [-0.15, -0.1) is 0 Å². The van der Waals surface area contributed by atoms with E-state index in [4.69, 9.17) is 0 Å². The fraction of sp³-hybridized carbons (Fsp3) is 0.179. The van der Waals surface area contributed by atoms with Gasteiger partial charge in [-0.05, 0) is 74.1 Å². The molecule has 1 fully saturated rings. The highest BCUT2D eigenvalue weighted by atomic mass is 16.1. The van der Waals surface area contributed by atoms with Gasteiger partial charge >= 0.3 is 0 Å². The summed E-state index contributed by atoms with van der Waals surface area (Å²) < 4.78 is 0. The van der Waals surface area contributed by atoms with Gasteiger partial charge in [0.05, 0.1) is 11.8 Å². The van der Waals surface area contributed by atoms with Gasteiger partial charge in [-0.2, -0.15) is 0 Å².